The number of aromatic nitrogens is 2. The molecule has 1 fully saturated rings. The zero-order valence-electron chi connectivity index (χ0n) is 10.5. The van der Waals surface area contributed by atoms with E-state index in [0.717, 1.165) is 44.2 Å². The molecule has 2 rings (SSSR count). The lowest BCUT2D eigenvalue weighted by Crippen LogP contribution is -2.30. The molecule has 1 N–H and O–H groups in total. The van der Waals surface area contributed by atoms with Crippen LogP contribution in [0.1, 0.15) is 12.8 Å². The van der Waals surface area contributed by atoms with Crippen LogP contribution < -0.4 is 10.2 Å². The molecule has 1 aromatic rings. The summed E-state index contributed by atoms with van der Waals surface area (Å²) in [6.45, 7) is 2.80. The highest BCUT2D eigenvalue weighted by Gasteiger charge is 2.16. The lowest BCUT2D eigenvalue weighted by molar-refractivity contribution is 0.0685. The van der Waals surface area contributed by atoms with Gasteiger partial charge in [-0.3, -0.25) is 4.98 Å². The highest BCUT2D eigenvalue weighted by atomic mass is 16.5. The van der Waals surface area contributed by atoms with Gasteiger partial charge in [0, 0.05) is 33.9 Å². The molecule has 0 saturated carbocycles. The third kappa shape index (κ3) is 3.30. The minimum absolute atomic E-state index is 0.703. The highest BCUT2D eigenvalue weighted by molar-refractivity contribution is 5.42. The van der Waals surface area contributed by atoms with Crippen molar-refractivity contribution in [2.24, 2.45) is 5.92 Å². The lowest BCUT2D eigenvalue weighted by Gasteiger charge is -2.27. The number of rotatable bonds is 4. The van der Waals surface area contributed by atoms with Crippen LogP contribution in [0, 0.1) is 5.92 Å². The van der Waals surface area contributed by atoms with Gasteiger partial charge in [0.25, 0.3) is 0 Å². The summed E-state index contributed by atoms with van der Waals surface area (Å²) in [6.07, 6.45) is 5.82. The van der Waals surface area contributed by atoms with Crippen molar-refractivity contribution in [2.45, 2.75) is 12.8 Å². The van der Waals surface area contributed by atoms with E-state index < -0.39 is 0 Å². The van der Waals surface area contributed by atoms with Crippen molar-refractivity contribution in [1.29, 1.82) is 0 Å². The van der Waals surface area contributed by atoms with Gasteiger partial charge < -0.3 is 15.0 Å². The molecule has 0 spiro atoms. The Labute approximate surface area is 102 Å². The van der Waals surface area contributed by atoms with Crippen molar-refractivity contribution < 1.29 is 4.74 Å². The van der Waals surface area contributed by atoms with Gasteiger partial charge in [0.2, 0.25) is 0 Å². The Morgan fingerprint density at radius 3 is 2.88 bits per heavy atom. The van der Waals surface area contributed by atoms with E-state index in [1.807, 2.05) is 7.05 Å². The van der Waals surface area contributed by atoms with Gasteiger partial charge in [-0.1, -0.05) is 0 Å². The number of ether oxygens (including phenoxy) is 1. The van der Waals surface area contributed by atoms with Crippen molar-refractivity contribution in [1.82, 2.24) is 9.97 Å². The van der Waals surface area contributed by atoms with Crippen molar-refractivity contribution in [3.8, 4) is 0 Å². The molecule has 0 bridgehead atoms. The normalized spacial score (nSPS) is 16.8. The average molecular weight is 236 g/mol. The van der Waals surface area contributed by atoms with Crippen LogP contribution in [0.25, 0.3) is 0 Å². The topological polar surface area (TPSA) is 50.3 Å². The van der Waals surface area contributed by atoms with Crippen LogP contribution in [0.2, 0.25) is 0 Å². The average Bonchev–Trinajstić information content (AvgIpc) is 2.40. The summed E-state index contributed by atoms with van der Waals surface area (Å²) in [5.74, 6) is 2.43. The molecule has 0 aromatic carbocycles. The van der Waals surface area contributed by atoms with Gasteiger partial charge in [-0.05, 0) is 18.8 Å². The third-order valence-corrected chi connectivity index (χ3v) is 3.14. The molecule has 0 amide bonds. The smallest absolute Gasteiger partial charge is 0.149 e. The van der Waals surface area contributed by atoms with Crippen LogP contribution >= 0.6 is 0 Å². The first-order valence-electron chi connectivity index (χ1n) is 6.08. The molecular weight excluding hydrogens is 216 g/mol. The molecule has 5 nitrogen and oxygen atoms in total. The van der Waals surface area contributed by atoms with Gasteiger partial charge in [0.15, 0.2) is 0 Å². The maximum Gasteiger partial charge on any atom is 0.149 e. The van der Waals surface area contributed by atoms with Crippen LogP contribution in [0.5, 0.6) is 0 Å². The first kappa shape index (κ1) is 12.1. The van der Waals surface area contributed by atoms with Gasteiger partial charge in [0.1, 0.15) is 11.6 Å². The molecule has 1 aliphatic heterocycles. The zero-order chi connectivity index (χ0) is 12.1. The predicted molar refractivity (Wildman–Crippen MR) is 68.4 cm³/mol. The number of anilines is 2. The largest absolute Gasteiger partial charge is 0.381 e. The van der Waals surface area contributed by atoms with Crippen LogP contribution in [0.3, 0.4) is 0 Å². The maximum atomic E-state index is 5.37. The summed E-state index contributed by atoms with van der Waals surface area (Å²) in [5, 5.41) is 3.01. The van der Waals surface area contributed by atoms with Crippen molar-refractivity contribution >= 4 is 11.6 Å². The number of nitrogens with zero attached hydrogens (tertiary/aromatic N) is 3. The SMILES string of the molecule is CNc1cncc(N(C)CC2CCOCC2)n1. The van der Waals surface area contributed by atoms with Crippen LogP contribution in [-0.2, 0) is 4.74 Å². The fraction of sp³-hybridized carbons (Fsp3) is 0.667. The molecule has 1 aliphatic rings. The minimum Gasteiger partial charge on any atom is -0.381 e. The van der Waals surface area contributed by atoms with E-state index in [4.69, 9.17) is 4.74 Å². The second-order valence-corrected chi connectivity index (χ2v) is 4.45. The van der Waals surface area contributed by atoms with Gasteiger partial charge in [-0.15, -0.1) is 0 Å². The molecule has 2 heterocycles. The van der Waals surface area contributed by atoms with Crippen molar-refractivity contribution in [2.75, 3.05) is 44.1 Å². The molecule has 1 saturated heterocycles. The summed E-state index contributed by atoms with van der Waals surface area (Å²) in [5.41, 5.74) is 0. The molecule has 0 radical (unpaired) electrons. The lowest BCUT2D eigenvalue weighted by atomic mass is 10.00. The van der Waals surface area contributed by atoms with Gasteiger partial charge in [-0.2, -0.15) is 0 Å². The van der Waals surface area contributed by atoms with E-state index in [-0.39, 0.29) is 0 Å². The molecular formula is C12H20N4O. The van der Waals surface area contributed by atoms with E-state index in [2.05, 4.69) is 27.2 Å². The van der Waals surface area contributed by atoms with E-state index in [1.165, 1.54) is 0 Å². The fourth-order valence-electron chi connectivity index (χ4n) is 2.07. The van der Waals surface area contributed by atoms with E-state index >= 15 is 0 Å². The van der Waals surface area contributed by atoms with E-state index in [0.29, 0.717) is 5.92 Å². The Balaban J connectivity index is 1.95. The van der Waals surface area contributed by atoms with Crippen LogP contribution in [-0.4, -0.2) is 43.8 Å². The van der Waals surface area contributed by atoms with Gasteiger partial charge in [0.05, 0.1) is 12.4 Å². The molecule has 0 atom stereocenters. The zero-order valence-corrected chi connectivity index (χ0v) is 10.5. The highest BCUT2D eigenvalue weighted by Crippen LogP contribution is 2.18. The number of nitrogens with one attached hydrogen (secondary N) is 1. The minimum atomic E-state index is 0.703. The molecule has 5 heteroatoms. The first-order chi connectivity index (χ1) is 8.29. The Bertz CT molecular complexity index is 352. The third-order valence-electron chi connectivity index (χ3n) is 3.14. The summed E-state index contributed by atoms with van der Waals surface area (Å²) in [6, 6.07) is 0. The Morgan fingerprint density at radius 1 is 1.41 bits per heavy atom. The molecule has 0 unspecified atom stereocenters. The van der Waals surface area contributed by atoms with E-state index in [9.17, 15) is 0 Å². The Morgan fingerprint density at radius 2 is 2.18 bits per heavy atom. The van der Waals surface area contributed by atoms with Crippen molar-refractivity contribution in [3.63, 3.8) is 0 Å². The summed E-state index contributed by atoms with van der Waals surface area (Å²) < 4.78 is 5.37. The predicted octanol–water partition coefficient (Wildman–Crippen LogP) is 1.38. The molecule has 17 heavy (non-hydrogen) atoms. The van der Waals surface area contributed by atoms with Gasteiger partial charge in [-0.25, -0.2) is 4.98 Å². The maximum absolute atomic E-state index is 5.37. The second kappa shape index (κ2) is 5.82. The number of hydrogen-bond donors (Lipinski definition) is 1. The molecule has 94 valence electrons. The fourth-order valence-corrected chi connectivity index (χ4v) is 2.07. The molecule has 1 aromatic heterocycles. The van der Waals surface area contributed by atoms with E-state index in [1.54, 1.807) is 12.4 Å². The second-order valence-electron chi connectivity index (χ2n) is 4.45. The Hall–Kier alpha value is -1.36. The first-order valence-corrected chi connectivity index (χ1v) is 6.08. The summed E-state index contributed by atoms with van der Waals surface area (Å²) in [4.78, 5) is 10.8. The molecule has 0 aliphatic carbocycles. The summed E-state index contributed by atoms with van der Waals surface area (Å²) in [7, 11) is 3.92. The quantitative estimate of drug-likeness (QED) is 0.856. The van der Waals surface area contributed by atoms with Crippen LogP contribution in [0.4, 0.5) is 11.6 Å². The summed E-state index contributed by atoms with van der Waals surface area (Å²) >= 11 is 0. The Kier molecular flexibility index (Phi) is 4.14. The van der Waals surface area contributed by atoms with Crippen molar-refractivity contribution in [3.05, 3.63) is 12.4 Å². The standard InChI is InChI=1S/C12H20N4O/c1-13-11-7-14-8-12(15-11)16(2)9-10-3-5-17-6-4-10/h7-8,10H,3-6,9H2,1-2H3,(H,13,15). The number of hydrogen-bond acceptors (Lipinski definition) is 5. The monoisotopic (exact) mass is 236 g/mol. The van der Waals surface area contributed by atoms with Gasteiger partial charge >= 0.3 is 0 Å². The van der Waals surface area contributed by atoms with Crippen LogP contribution in [0.15, 0.2) is 12.4 Å².